The van der Waals surface area contributed by atoms with Crippen LogP contribution < -0.4 is 5.73 Å². The van der Waals surface area contributed by atoms with Gasteiger partial charge in [-0.3, -0.25) is 0 Å². The fraction of sp³-hybridized carbons (Fsp3) is 0.400. The Bertz CT molecular complexity index is 379. The summed E-state index contributed by atoms with van der Waals surface area (Å²) < 4.78 is 37.8. The highest BCUT2D eigenvalue weighted by molar-refractivity contribution is 9.10. The molecule has 3 N–H and O–H groups in total. The van der Waals surface area contributed by atoms with Crippen LogP contribution in [0.5, 0.6) is 0 Å². The van der Waals surface area contributed by atoms with Gasteiger partial charge in [0.25, 0.3) is 0 Å². The van der Waals surface area contributed by atoms with Gasteiger partial charge in [0.05, 0.1) is 17.7 Å². The van der Waals surface area contributed by atoms with Gasteiger partial charge in [-0.05, 0) is 30.7 Å². The van der Waals surface area contributed by atoms with Crippen LogP contribution in [0.4, 0.5) is 13.2 Å². The predicted molar refractivity (Wildman–Crippen MR) is 57.8 cm³/mol. The van der Waals surface area contributed by atoms with Crippen LogP contribution >= 0.6 is 15.9 Å². The molecule has 0 aliphatic rings. The summed E-state index contributed by atoms with van der Waals surface area (Å²) in [5.41, 5.74) is 5.07. The quantitative estimate of drug-likeness (QED) is 0.882. The molecule has 1 aromatic carbocycles. The molecule has 0 aromatic heterocycles. The van der Waals surface area contributed by atoms with Crippen LogP contribution in [0.15, 0.2) is 22.7 Å². The highest BCUT2D eigenvalue weighted by atomic mass is 79.9. The molecule has 2 atom stereocenters. The molecule has 2 nitrogen and oxygen atoms in total. The molecule has 16 heavy (non-hydrogen) atoms. The third kappa shape index (κ3) is 2.96. The first-order chi connectivity index (χ1) is 7.23. The third-order valence-corrected chi connectivity index (χ3v) is 2.92. The van der Waals surface area contributed by atoms with E-state index < -0.39 is 23.9 Å². The molecule has 0 saturated carbocycles. The summed E-state index contributed by atoms with van der Waals surface area (Å²) in [6.45, 7) is 1.43. The highest BCUT2D eigenvalue weighted by Crippen LogP contribution is 2.34. The van der Waals surface area contributed by atoms with Crippen LogP contribution in [-0.2, 0) is 6.18 Å². The van der Waals surface area contributed by atoms with E-state index in [0.717, 1.165) is 12.1 Å². The van der Waals surface area contributed by atoms with E-state index in [0.29, 0.717) is 4.47 Å². The summed E-state index contributed by atoms with van der Waals surface area (Å²) >= 11 is 3.11. The van der Waals surface area contributed by atoms with Crippen molar-refractivity contribution in [1.82, 2.24) is 0 Å². The monoisotopic (exact) mass is 297 g/mol. The first kappa shape index (κ1) is 13.5. The first-order valence-electron chi connectivity index (χ1n) is 4.53. The fourth-order valence-electron chi connectivity index (χ4n) is 1.24. The number of halogens is 4. The topological polar surface area (TPSA) is 46.2 Å². The lowest BCUT2D eigenvalue weighted by atomic mass is 10.0. The van der Waals surface area contributed by atoms with Gasteiger partial charge in [-0.15, -0.1) is 0 Å². The van der Waals surface area contributed by atoms with Crippen LogP contribution in [-0.4, -0.2) is 11.2 Å². The van der Waals surface area contributed by atoms with Gasteiger partial charge in [0.2, 0.25) is 0 Å². The molecule has 6 heteroatoms. The van der Waals surface area contributed by atoms with Crippen molar-refractivity contribution in [3.63, 3.8) is 0 Å². The van der Waals surface area contributed by atoms with E-state index >= 15 is 0 Å². The molecule has 0 radical (unpaired) electrons. The molecule has 1 aromatic rings. The second-order valence-electron chi connectivity index (χ2n) is 3.50. The minimum atomic E-state index is -4.41. The van der Waals surface area contributed by atoms with Crippen molar-refractivity contribution in [3.8, 4) is 0 Å². The molecule has 1 rings (SSSR count). The SMILES string of the molecule is C[C@@H](O)[C@@H](N)c1cc(C(F)(F)F)ccc1Br. The summed E-state index contributed by atoms with van der Waals surface area (Å²) in [6, 6.07) is 2.33. The van der Waals surface area contributed by atoms with E-state index in [9.17, 15) is 18.3 Å². The Hall–Kier alpha value is -0.590. The summed E-state index contributed by atoms with van der Waals surface area (Å²) in [5.74, 6) is 0. The van der Waals surface area contributed by atoms with E-state index in [4.69, 9.17) is 5.73 Å². The van der Waals surface area contributed by atoms with Crippen molar-refractivity contribution in [1.29, 1.82) is 0 Å². The Kier molecular flexibility index (Phi) is 3.98. The van der Waals surface area contributed by atoms with E-state index in [-0.39, 0.29) is 5.56 Å². The normalized spacial score (nSPS) is 15.9. The number of nitrogens with two attached hydrogens (primary N) is 1. The van der Waals surface area contributed by atoms with Gasteiger partial charge >= 0.3 is 6.18 Å². The molecular weight excluding hydrogens is 287 g/mol. The smallest absolute Gasteiger partial charge is 0.391 e. The van der Waals surface area contributed by atoms with E-state index in [1.54, 1.807) is 0 Å². The van der Waals surface area contributed by atoms with Crippen LogP contribution in [0.1, 0.15) is 24.1 Å². The minimum absolute atomic E-state index is 0.241. The standard InChI is InChI=1S/C10H11BrF3NO/c1-5(16)9(15)7-4-6(10(12,13)14)2-3-8(7)11/h2-5,9,16H,15H2,1H3/t5-,9-/m1/s1. The lowest BCUT2D eigenvalue weighted by molar-refractivity contribution is -0.137. The van der Waals surface area contributed by atoms with Crippen LogP contribution in [0.25, 0.3) is 0 Å². The molecular formula is C10H11BrF3NO. The van der Waals surface area contributed by atoms with Gasteiger partial charge < -0.3 is 10.8 Å². The van der Waals surface area contributed by atoms with Crippen molar-refractivity contribution >= 4 is 15.9 Å². The summed E-state index contributed by atoms with van der Waals surface area (Å²) in [6.07, 6.45) is -5.33. The zero-order valence-corrected chi connectivity index (χ0v) is 10.0. The number of hydrogen-bond acceptors (Lipinski definition) is 2. The van der Waals surface area contributed by atoms with Crippen molar-refractivity contribution in [2.75, 3.05) is 0 Å². The number of alkyl halides is 3. The molecule has 0 aliphatic heterocycles. The Balaban J connectivity index is 3.19. The molecule has 0 bridgehead atoms. The number of benzene rings is 1. The first-order valence-corrected chi connectivity index (χ1v) is 5.33. The number of hydrogen-bond donors (Lipinski definition) is 2. The lowest BCUT2D eigenvalue weighted by Crippen LogP contribution is -2.24. The van der Waals surface area contributed by atoms with E-state index in [2.05, 4.69) is 15.9 Å². The Labute approximate surface area is 99.4 Å². The van der Waals surface area contributed by atoms with Gasteiger partial charge in [0.15, 0.2) is 0 Å². The molecule has 90 valence electrons. The van der Waals surface area contributed by atoms with E-state index in [1.165, 1.54) is 13.0 Å². The van der Waals surface area contributed by atoms with Gasteiger partial charge in [-0.2, -0.15) is 13.2 Å². The maximum Gasteiger partial charge on any atom is 0.416 e. The Morgan fingerprint density at radius 1 is 1.38 bits per heavy atom. The summed E-state index contributed by atoms with van der Waals surface area (Å²) in [5, 5.41) is 9.27. The molecule has 0 amide bonds. The lowest BCUT2D eigenvalue weighted by Gasteiger charge is -2.18. The largest absolute Gasteiger partial charge is 0.416 e. The molecule has 0 heterocycles. The van der Waals surface area contributed by atoms with E-state index in [1.807, 2.05) is 0 Å². The predicted octanol–water partition coefficient (Wildman–Crippen LogP) is 2.85. The van der Waals surface area contributed by atoms with Crippen molar-refractivity contribution in [3.05, 3.63) is 33.8 Å². The molecule has 0 spiro atoms. The maximum atomic E-state index is 12.4. The molecule has 0 unspecified atom stereocenters. The minimum Gasteiger partial charge on any atom is -0.391 e. The fourth-order valence-corrected chi connectivity index (χ4v) is 1.75. The highest BCUT2D eigenvalue weighted by Gasteiger charge is 2.31. The second kappa shape index (κ2) is 4.73. The average Bonchev–Trinajstić information content (AvgIpc) is 2.15. The number of aliphatic hydroxyl groups is 1. The number of rotatable bonds is 2. The second-order valence-corrected chi connectivity index (χ2v) is 4.35. The molecule has 0 fully saturated rings. The Morgan fingerprint density at radius 2 is 1.94 bits per heavy atom. The third-order valence-electron chi connectivity index (χ3n) is 2.20. The zero-order valence-electron chi connectivity index (χ0n) is 8.42. The summed E-state index contributed by atoms with van der Waals surface area (Å²) in [4.78, 5) is 0. The van der Waals surface area contributed by atoms with Crippen LogP contribution in [0.2, 0.25) is 0 Å². The zero-order chi connectivity index (χ0) is 12.5. The van der Waals surface area contributed by atoms with Crippen molar-refractivity contribution in [2.45, 2.75) is 25.2 Å². The number of aliphatic hydroxyl groups excluding tert-OH is 1. The summed E-state index contributed by atoms with van der Waals surface area (Å²) in [7, 11) is 0. The van der Waals surface area contributed by atoms with Gasteiger partial charge in [-0.25, -0.2) is 0 Å². The van der Waals surface area contributed by atoms with Crippen molar-refractivity contribution in [2.24, 2.45) is 5.73 Å². The van der Waals surface area contributed by atoms with Gasteiger partial charge in [-0.1, -0.05) is 15.9 Å². The maximum absolute atomic E-state index is 12.4. The average molecular weight is 298 g/mol. The van der Waals surface area contributed by atoms with Crippen LogP contribution in [0.3, 0.4) is 0 Å². The van der Waals surface area contributed by atoms with Crippen LogP contribution in [0, 0.1) is 0 Å². The molecule has 0 aliphatic carbocycles. The van der Waals surface area contributed by atoms with Gasteiger partial charge in [0.1, 0.15) is 0 Å². The Morgan fingerprint density at radius 3 is 2.38 bits per heavy atom. The molecule has 0 saturated heterocycles. The van der Waals surface area contributed by atoms with Gasteiger partial charge in [0, 0.05) is 4.47 Å². The van der Waals surface area contributed by atoms with Crippen molar-refractivity contribution < 1.29 is 18.3 Å².